The zero-order chi connectivity index (χ0) is 41.7. The minimum atomic E-state index is -0.453. The summed E-state index contributed by atoms with van der Waals surface area (Å²) >= 11 is 0. The summed E-state index contributed by atoms with van der Waals surface area (Å²) in [6.45, 7) is 17.6. The van der Waals surface area contributed by atoms with E-state index in [9.17, 15) is 14.4 Å². The minimum Gasteiger partial charge on any atom is -0.382 e. The molecule has 0 aliphatic carbocycles. The number of hydrogen-bond donors (Lipinski definition) is 2. The molecule has 0 radical (unpaired) electrons. The molecule has 2 N–H and O–H groups in total. The van der Waals surface area contributed by atoms with E-state index in [1.165, 1.54) is 0 Å². The lowest BCUT2D eigenvalue weighted by atomic mass is 10.0. The van der Waals surface area contributed by atoms with Gasteiger partial charge in [0.1, 0.15) is 0 Å². The summed E-state index contributed by atoms with van der Waals surface area (Å²) in [4.78, 5) is 36.5. The van der Waals surface area contributed by atoms with Gasteiger partial charge < -0.3 is 67.5 Å². The number of ether oxygens (including phenoxy) is 12. The third kappa shape index (κ3) is 43.5. The quantitative estimate of drug-likeness (QED) is 0.0852. The number of methoxy groups -OCH3 is 1. The first-order valence-electron chi connectivity index (χ1n) is 20.8. The molecule has 0 aromatic rings. The molecule has 0 saturated heterocycles. The number of ketones is 1. The molecule has 0 aromatic heterocycles. The number of Topliss-reactive ketones (excluding diaryl/α,β-unsaturated/α-hetero) is 1. The van der Waals surface area contributed by atoms with E-state index in [1.54, 1.807) is 14.0 Å². The van der Waals surface area contributed by atoms with E-state index < -0.39 is 6.04 Å². The van der Waals surface area contributed by atoms with Gasteiger partial charge in [-0.25, -0.2) is 0 Å². The molecule has 0 saturated carbocycles. The summed E-state index contributed by atoms with van der Waals surface area (Å²) in [6.07, 6.45) is 3.92. The van der Waals surface area contributed by atoms with Crippen LogP contribution in [-0.4, -0.2) is 189 Å². The summed E-state index contributed by atoms with van der Waals surface area (Å²) < 4.78 is 64.9. The zero-order valence-electron chi connectivity index (χ0n) is 35.7. The van der Waals surface area contributed by atoms with Gasteiger partial charge in [0.25, 0.3) is 0 Å². The second-order valence-electron chi connectivity index (χ2n) is 13.2. The molecule has 2 amide bonds. The van der Waals surface area contributed by atoms with Gasteiger partial charge in [-0.1, -0.05) is 20.8 Å². The maximum atomic E-state index is 12.2. The molecule has 338 valence electrons. The Kier molecular flexibility index (Phi) is 43.7. The van der Waals surface area contributed by atoms with Crippen molar-refractivity contribution in [3.05, 3.63) is 0 Å². The van der Waals surface area contributed by atoms with Crippen molar-refractivity contribution in [3.63, 3.8) is 0 Å². The van der Waals surface area contributed by atoms with Gasteiger partial charge in [-0.15, -0.1) is 0 Å². The van der Waals surface area contributed by atoms with Crippen LogP contribution in [0.1, 0.15) is 65.7 Å². The maximum Gasteiger partial charge on any atom is 0.222 e. The van der Waals surface area contributed by atoms with Crippen LogP contribution in [0, 0.1) is 5.92 Å². The molecule has 0 unspecified atom stereocenters. The van der Waals surface area contributed by atoms with E-state index in [0.717, 1.165) is 19.3 Å². The third-order valence-electron chi connectivity index (χ3n) is 7.89. The Labute approximate surface area is 342 Å². The molecule has 57 heavy (non-hydrogen) atoms. The highest BCUT2D eigenvalue weighted by Crippen LogP contribution is 2.07. The molecule has 0 bridgehead atoms. The van der Waals surface area contributed by atoms with E-state index in [0.29, 0.717) is 184 Å². The normalized spacial score (nSPS) is 12.0. The molecule has 0 aromatic carbocycles. The predicted molar refractivity (Wildman–Crippen MR) is 214 cm³/mol. The van der Waals surface area contributed by atoms with Crippen LogP contribution in [0.25, 0.3) is 0 Å². The van der Waals surface area contributed by atoms with Gasteiger partial charge in [0.15, 0.2) is 5.78 Å². The highest BCUT2D eigenvalue weighted by atomic mass is 16.6. The average Bonchev–Trinajstić information content (AvgIpc) is 3.20. The Balaban J connectivity index is 3.32. The van der Waals surface area contributed by atoms with E-state index in [2.05, 4.69) is 24.5 Å². The Bertz CT molecular complexity index is 888. The van der Waals surface area contributed by atoms with Gasteiger partial charge in [-0.05, 0) is 31.6 Å². The average molecular weight is 827 g/mol. The van der Waals surface area contributed by atoms with Crippen LogP contribution in [-0.2, 0) is 71.2 Å². The van der Waals surface area contributed by atoms with E-state index in [-0.39, 0.29) is 24.0 Å². The fourth-order valence-corrected chi connectivity index (χ4v) is 4.64. The van der Waals surface area contributed by atoms with E-state index in [1.807, 2.05) is 0 Å². The topological polar surface area (TPSA) is 186 Å². The molecule has 1 atom stereocenters. The lowest BCUT2D eigenvalue weighted by Gasteiger charge is -2.17. The highest BCUT2D eigenvalue weighted by Gasteiger charge is 2.18. The molecule has 0 aliphatic heterocycles. The van der Waals surface area contributed by atoms with Crippen molar-refractivity contribution in [1.82, 2.24) is 10.6 Å². The number of hydrogen-bond acceptors (Lipinski definition) is 15. The molecule has 17 heteroatoms. The lowest BCUT2D eigenvalue weighted by Crippen LogP contribution is -2.40. The number of unbranched alkanes of at least 4 members (excludes halogenated alkanes) is 1. The van der Waals surface area contributed by atoms with Crippen molar-refractivity contribution < 1.29 is 71.2 Å². The van der Waals surface area contributed by atoms with Crippen molar-refractivity contribution in [2.24, 2.45) is 5.92 Å². The smallest absolute Gasteiger partial charge is 0.222 e. The molecular weight excluding hydrogens is 748 g/mol. The highest BCUT2D eigenvalue weighted by molar-refractivity contribution is 5.88. The number of rotatable bonds is 47. The zero-order valence-corrected chi connectivity index (χ0v) is 35.7. The van der Waals surface area contributed by atoms with Crippen LogP contribution in [0.2, 0.25) is 0 Å². The van der Waals surface area contributed by atoms with Gasteiger partial charge in [0.2, 0.25) is 11.8 Å². The number of amides is 2. The van der Waals surface area contributed by atoms with Crippen LogP contribution in [0.5, 0.6) is 0 Å². The first-order chi connectivity index (χ1) is 27.9. The summed E-state index contributed by atoms with van der Waals surface area (Å²) in [5.74, 6) is 0.320. The molecule has 0 fully saturated rings. The van der Waals surface area contributed by atoms with Gasteiger partial charge >= 0.3 is 0 Å². The SMILES string of the molecule is CCC(=O)[C@@H](CCCCNC(=O)CCOCCOCCOCCOCCOCCOCCOCCOCCOCCOCCOCCOC)NC(=O)CCC(C)C. The number of nitrogens with one attached hydrogen (secondary N) is 2. The van der Waals surface area contributed by atoms with Crippen molar-refractivity contribution in [2.75, 3.05) is 166 Å². The van der Waals surface area contributed by atoms with E-state index >= 15 is 0 Å². The monoisotopic (exact) mass is 827 g/mol. The first kappa shape index (κ1) is 55.1. The summed E-state index contributed by atoms with van der Waals surface area (Å²) in [5, 5.41) is 5.76. The molecule has 0 aliphatic rings. The number of carbonyl (C=O) groups is 3. The van der Waals surface area contributed by atoms with Crippen LogP contribution in [0.3, 0.4) is 0 Å². The largest absolute Gasteiger partial charge is 0.382 e. The van der Waals surface area contributed by atoms with Gasteiger partial charge in [-0.2, -0.15) is 0 Å². The van der Waals surface area contributed by atoms with Crippen molar-refractivity contribution in [1.29, 1.82) is 0 Å². The molecule has 0 rings (SSSR count). The summed E-state index contributed by atoms with van der Waals surface area (Å²) in [6, 6.07) is -0.453. The van der Waals surface area contributed by atoms with Crippen LogP contribution >= 0.6 is 0 Å². The summed E-state index contributed by atoms with van der Waals surface area (Å²) in [7, 11) is 1.64. The second kappa shape index (κ2) is 45.2. The third-order valence-corrected chi connectivity index (χ3v) is 7.89. The maximum absolute atomic E-state index is 12.2. The van der Waals surface area contributed by atoms with Crippen molar-refractivity contribution >= 4 is 17.6 Å². The van der Waals surface area contributed by atoms with Crippen molar-refractivity contribution in [2.45, 2.75) is 71.8 Å². The Morgan fingerprint density at radius 3 is 1.12 bits per heavy atom. The van der Waals surface area contributed by atoms with E-state index in [4.69, 9.17) is 56.8 Å². The number of carbonyl (C=O) groups excluding carboxylic acids is 3. The first-order valence-corrected chi connectivity index (χ1v) is 20.8. The molecule has 17 nitrogen and oxygen atoms in total. The lowest BCUT2D eigenvalue weighted by molar-refractivity contribution is -0.128. The van der Waals surface area contributed by atoms with Crippen LogP contribution in [0.4, 0.5) is 0 Å². The van der Waals surface area contributed by atoms with Crippen LogP contribution in [0.15, 0.2) is 0 Å². The Hall–Kier alpha value is -1.87. The Morgan fingerprint density at radius 2 is 0.789 bits per heavy atom. The molecule has 0 heterocycles. The fourth-order valence-electron chi connectivity index (χ4n) is 4.64. The van der Waals surface area contributed by atoms with Gasteiger partial charge in [-0.3, -0.25) is 14.4 Å². The molecule has 0 spiro atoms. The van der Waals surface area contributed by atoms with Crippen LogP contribution < -0.4 is 10.6 Å². The minimum absolute atomic E-state index is 0.0411. The second-order valence-corrected chi connectivity index (χ2v) is 13.2. The van der Waals surface area contributed by atoms with Crippen molar-refractivity contribution in [3.8, 4) is 0 Å². The molecular formula is C40H78N2O15. The standard InChI is InChI=1S/C40H78N2O15/c1-5-38(43)37(42-40(45)10-9-36(2)3)8-6-7-12-41-39(44)11-13-47-16-17-49-20-21-51-24-25-53-28-29-55-32-33-57-35-34-56-31-30-54-27-26-52-23-22-50-19-18-48-15-14-46-4/h36-37H,5-35H2,1-4H3,(H,41,44)(H,42,45)/t37-/m1/s1. The van der Waals surface area contributed by atoms with Gasteiger partial charge in [0.05, 0.1) is 158 Å². The van der Waals surface area contributed by atoms with Gasteiger partial charge in [0, 0.05) is 32.9 Å². The Morgan fingerprint density at radius 1 is 0.439 bits per heavy atom. The fraction of sp³-hybridized carbons (Fsp3) is 0.925. The summed E-state index contributed by atoms with van der Waals surface area (Å²) in [5.41, 5.74) is 0. The predicted octanol–water partition coefficient (Wildman–Crippen LogP) is 2.39.